The Morgan fingerprint density at radius 3 is 1.70 bits per heavy atom. The molecular weight excluding hydrogens is 288 g/mol. The van der Waals surface area contributed by atoms with Gasteiger partial charge in [-0.3, -0.25) is 0 Å². The predicted molar refractivity (Wildman–Crippen MR) is 92.6 cm³/mol. The monoisotopic (exact) mass is 324 g/mol. The maximum absolute atomic E-state index is 6.39. The van der Waals surface area contributed by atoms with E-state index in [1.807, 2.05) is 14.2 Å². The van der Waals surface area contributed by atoms with Crippen molar-refractivity contribution in [1.29, 1.82) is 0 Å². The van der Waals surface area contributed by atoms with Crippen LogP contribution >= 0.6 is 0 Å². The Kier molecular flexibility index (Phi) is 6.39. The van der Waals surface area contributed by atoms with E-state index in [1.54, 1.807) is 0 Å². The molecule has 0 amide bonds. The van der Waals surface area contributed by atoms with Crippen molar-refractivity contribution in [2.75, 3.05) is 14.2 Å². The minimum atomic E-state index is 0.444. The molecule has 2 saturated carbocycles. The van der Waals surface area contributed by atoms with Crippen LogP contribution < -0.4 is 0 Å². The molecule has 3 unspecified atom stereocenters. The third kappa shape index (κ3) is 4.49. The molecule has 3 fully saturated rings. The molecule has 0 bridgehead atoms. The molecule has 1 heterocycles. The van der Waals surface area contributed by atoms with Crippen LogP contribution in [0.4, 0.5) is 0 Å². The Morgan fingerprint density at radius 2 is 1.17 bits per heavy atom. The fourth-order valence-electron chi connectivity index (χ4n) is 5.41. The fraction of sp³-hybridized carbons (Fsp3) is 1.00. The second-order valence-electron chi connectivity index (χ2n) is 8.26. The number of ether oxygens (including phenoxy) is 3. The Balaban J connectivity index is 1.53. The molecule has 0 spiro atoms. The van der Waals surface area contributed by atoms with Gasteiger partial charge in [-0.2, -0.15) is 0 Å². The Bertz CT molecular complexity index is 311. The van der Waals surface area contributed by atoms with Gasteiger partial charge in [0, 0.05) is 14.2 Å². The van der Waals surface area contributed by atoms with Gasteiger partial charge in [0.25, 0.3) is 0 Å². The van der Waals surface area contributed by atoms with Crippen molar-refractivity contribution in [1.82, 2.24) is 0 Å². The summed E-state index contributed by atoms with van der Waals surface area (Å²) in [6.45, 7) is 2.29. The summed E-state index contributed by atoms with van der Waals surface area (Å²) < 4.78 is 17.5. The van der Waals surface area contributed by atoms with Gasteiger partial charge in [0.15, 0.2) is 0 Å². The molecule has 3 nitrogen and oxygen atoms in total. The van der Waals surface area contributed by atoms with Crippen LogP contribution in [0.15, 0.2) is 0 Å². The van der Waals surface area contributed by atoms with E-state index in [-0.39, 0.29) is 0 Å². The molecule has 3 rings (SSSR count). The van der Waals surface area contributed by atoms with Crippen molar-refractivity contribution in [2.45, 2.75) is 95.5 Å². The molecule has 0 aromatic heterocycles. The summed E-state index contributed by atoms with van der Waals surface area (Å²) in [6.07, 6.45) is 14.8. The highest BCUT2D eigenvalue weighted by Crippen LogP contribution is 2.42. The smallest absolute Gasteiger partial charge is 0.0609 e. The van der Waals surface area contributed by atoms with Gasteiger partial charge in [0.1, 0.15) is 0 Å². The van der Waals surface area contributed by atoms with Gasteiger partial charge in [0.05, 0.1) is 24.4 Å². The summed E-state index contributed by atoms with van der Waals surface area (Å²) in [7, 11) is 3.73. The largest absolute Gasteiger partial charge is 0.381 e. The maximum atomic E-state index is 6.39. The quantitative estimate of drug-likeness (QED) is 0.757. The lowest BCUT2D eigenvalue weighted by Crippen LogP contribution is -2.41. The van der Waals surface area contributed by atoms with E-state index in [1.165, 1.54) is 64.2 Å². The maximum Gasteiger partial charge on any atom is 0.0609 e. The zero-order valence-corrected chi connectivity index (χ0v) is 15.3. The molecule has 23 heavy (non-hydrogen) atoms. The predicted octanol–water partition coefficient (Wildman–Crippen LogP) is 4.58. The van der Waals surface area contributed by atoms with Gasteiger partial charge >= 0.3 is 0 Å². The van der Waals surface area contributed by atoms with E-state index >= 15 is 0 Å². The van der Waals surface area contributed by atoms with Gasteiger partial charge in [-0.1, -0.05) is 0 Å². The van der Waals surface area contributed by atoms with Crippen molar-refractivity contribution in [3.8, 4) is 0 Å². The highest BCUT2D eigenvalue weighted by atomic mass is 16.5. The molecule has 1 aliphatic heterocycles. The van der Waals surface area contributed by atoms with Crippen molar-refractivity contribution in [2.24, 2.45) is 17.8 Å². The molecule has 1 saturated heterocycles. The van der Waals surface area contributed by atoms with Crippen molar-refractivity contribution >= 4 is 0 Å². The zero-order chi connectivity index (χ0) is 16.2. The molecule has 3 heteroatoms. The first kappa shape index (κ1) is 17.7. The number of rotatable bonds is 4. The molecule has 3 atom stereocenters. The third-order valence-corrected chi connectivity index (χ3v) is 6.87. The minimum Gasteiger partial charge on any atom is -0.381 e. The molecule has 2 aliphatic carbocycles. The van der Waals surface area contributed by atoms with Gasteiger partial charge < -0.3 is 14.2 Å². The topological polar surface area (TPSA) is 27.7 Å². The van der Waals surface area contributed by atoms with E-state index in [9.17, 15) is 0 Å². The molecular formula is C20H36O3. The summed E-state index contributed by atoms with van der Waals surface area (Å²) in [6, 6.07) is 0. The minimum absolute atomic E-state index is 0.444. The SMILES string of the molecule is COC1CCC(C2CC(C)OC(C3CCC(OC)CC3)C2)CC1. The van der Waals surface area contributed by atoms with E-state index in [2.05, 4.69) is 6.92 Å². The van der Waals surface area contributed by atoms with Crippen LogP contribution in [-0.2, 0) is 14.2 Å². The lowest BCUT2D eigenvalue weighted by Gasteiger charge is -2.44. The average Bonchev–Trinajstić information content (AvgIpc) is 2.61. The van der Waals surface area contributed by atoms with Gasteiger partial charge in [0.2, 0.25) is 0 Å². The number of hydrogen-bond donors (Lipinski definition) is 0. The van der Waals surface area contributed by atoms with Crippen LogP contribution in [0, 0.1) is 17.8 Å². The lowest BCUT2D eigenvalue weighted by atomic mass is 9.71. The van der Waals surface area contributed by atoms with Crippen molar-refractivity contribution < 1.29 is 14.2 Å². The second kappa shape index (κ2) is 8.31. The zero-order valence-electron chi connectivity index (χ0n) is 15.3. The Labute approximate surface area is 142 Å². The summed E-state index contributed by atoms with van der Waals surface area (Å²) in [5.74, 6) is 2.55. The van der Waals surface area contributed by atoms with E-state index < -0.39 is 0 Å². The summed E-state index contributed by atoms with van der Waals surface area (Å²) in [5.41, 5.74) is 0. The fourth-order valence-corrected chi connectivity index (χ4v) is 5.41. The summed E-state index contributed by atoms with van der Waals surface area (Å²) in [5, 5.41) is 0. The average molecular weight is 325 g/mol. The van der Waals surface area contributed by atoms with Gasteiger partial charge in [-0.05, 0) is 88.9 Å². The highest BCUT2D eigenvalue weighted by Gasteiger charge is 2.38. The first-order chi connectivity index (χ1) is 11.2. The normalized spacial score (nSPS) is 45.8. The highest BCUT2D eigenvalue weighted by molar-refractivity contribution is 4.88. The first-order valence-electron chi connectivity index (χ1n) is 9.90. The molecule has 0 aromatic carbocycles. The van der Waals surface area contributed by atoms with E-state index in [0.29, 0.717) is 24.4 Å². The number of hydrogen-bond acceptors (Lipinski definition) is 3. The van der Waals surface area contributed by atoms with E-state index in [0.717, 1.165) is 17.8 Å². The van der Waals surface area contributed by atoms with E-state index in [4.69, 9.17) is 14.2 Å². The molecule has 0 radical (unpaired) electrons. The van der Waals surface area contributed by atoms with Gasteiger partial charge in [-0.15, -0.1) is 0 Å². The summed E-state index contributed by atoms with van der Waals surface area (Å²) >= 11 is 0. The van der Waals surface area contributed by atoms with Crippen LogP contribution in [0.1, 0.15) is 71.1 Å². The Hall–Kier alpha value is -0.120. The van der Waals surface area contributed by atoms with Crippen LogP contribution in [-0.4, -0.2) is 38.6 Å². The van der Waals surface area contributed by atoms with Crippen molar-refractivity contribution in [3.63, 3.8) is 0 Å². The van der Waals surface area contributed by atoms with Gasteiger partial charge in [-0.25, -0.2) is 0 Å². The molecule has 3 aliphatic rings. The number of methoxy groups -OCH3 is 2. The molecule has 134 valence electrons. The van der Waals surface area contributed by atoms with Crippen LogP contribution in [0.3, 0.4) is 0 Å². The van der Waals surface area contributed by atoms with Crippen LogP contribution in [0.5, 0.6) is 0 Å². The van der Waals surface area contributed by atoms with Crippen LogP contribution in [0.25, 0.3) is 0 Å². The lowest BCUT2D eigenvalue weighted by molar-refractivity contribution is -0.113. The summed E-state index contributed by atoms with van der Waals surface area (Å²) in [4.78, 5) is 0. The first-order valence-corrected chi connectivity index (χ1v) is 9.90. The molecule has 0 aromatic rings. The standard InChI is InChI=1S/C20H36O3/c1-14-12-17(15-4-8-18(21-2)9-5-15)13-20(23-14)16-6-10-19(22-3)11-7-16/h14-20H,4-13H2,1-3H3. The second-order valence-corrected chi connectivity index (χ2v) is 8.26. The Morgan fingerprint density at radius 1 is 0.652 bits per heavy atom. The van der Waals surface area contributed by atoms with Crippen LogP contribution in [0.2, 0.25) is 0 Å². The third-order valence-electron chi connectivity index (χ3n) is 6.87. The van der Waals surface area contributed by atoms with Crippen molar-refractivity contribution in [3.05, 3.63) is 0 Å². The molecule has 0 N–H and O–H groups in total.